The van der Waals surface area contributed by atoms with Crippen molar-refractivity contribution in [3.8, 4) is 11.5 Å². The number of benzene rings is 2. The van der Waals surface area contributed by atoms with Crippen LogP contribution in [-0.4, -0.2) is 36.5 Å². The van der Waals surface area contributed by atoms with E-state index in [4.69, 9.17) is 9.47 Å². The van der Waals surface area contributed by atoms with Crippen LogP contribution in [0.3, 0.4) is 0 Å². The first-order valence-corrected chi connectivity index (χ1v) is 8.97. The lowest BCUT2D eigenvalue weighted by Gasteiger charge is -2.14. The van der Waals surface area contributed by atoms with E-state index in [1.165, 1.54) is 0 Å². The number of methoxy groups -OCH3 is 2. The Morgan fingerprint density at radius 2 is 1.86 bits per heavy atom. The van der Waals surface area contributed by atoms with Crippen molar-refractivity contribution in [3.05, 3.63) is 59.8 Å². The zero-order valence-electron chi connectivity index (χ0n) is 16.2. The SMILES string of the molecule is COc1ccc(CNC(=O)NC[C@@H](O)c2ccc3c(ccn3C)c2)cc1OC. The highest BCUT2D eigenvalue weighted by atomic mass is 16.5. The number of carbonyl (C=O) groups is 1. The molecule has 0 radical (unpaired) electrons. The van der Waals surface area contributed by atoms with Gasteiger partial charge in [-0.15, -0.1) is 0 Å². The van der Waals surface area contributed by atoms with Crippen molar-refractivity contribution < 1.29 is 19.4 Å². The van der Waals surface area contributed by atoms with E-state index in [-0.39, 0.29) is 12.6 Å². The van der Waals surface area contributed by atoms with E-state index in [0.29, 0.717) is 18.0 Å². The van der Waals surface area contributed by atoms with Gasteiger partial charge in [0.1, 0.15) is 0 Å². The first-order chi connectivity index (χ1) is 13.5. The van der Waals surface area contributed by atoms with Crippen molar-refractivity contribution in [2.24, 2.45) is 7.05 Å². The fraction of sp³-hybridized carbons (Fsp3) is 0.286. The Balaban J connectivity index is 1.52. The van der Waals surface area contributed by atoms with Crippen LogP contribution in [0.15, 0.2) is 48.7 Å². The molecule has 3 aromatic rings. The fourth-order valence-corrected chi connectivity index (χ4v) is 3.05. The number of carbonyl (C=O) groups excluding carboxylic acids is 1. The molecule has 2 amide bonds. The molecule has 0 bridgehead atoms. The number of nitrogens with one attached hydrogen (secondary N) is 2. The van der Waals surface area contributed by atoms with Gasteiger partial charge in [0, 0.05) is 31.9 Å². The van der Waals surface area contributed by atoms with Gasteiger partial charge in [-0.2, -0.15) is 0 Å². The van der Waals surface area contributed by atoms with Crippen molar-refractivity contribution in [1.82, 2.24) is 15.2 Å². The number of aliphatic hydroxyl groups excluding tert-OH is 1. The Hall–Kier alpha value is -3.19. The summed E-state index contributed by atoms with van der Waals surface area (Å²) in [5.74, 6) is 1.24. The zero-order valence-corrected chi connectivity index (χ0v) is 16.2. The summed E-state index contributed by atoms with van der Waals surface area (Å²) in [6.07, 6.45) is 1.19. The molecule has 1 aromatic heterocycles. The molecule has 0 saturated heterocycles. The molecule has 2 aromatic carbocycles. The Morgan fingerprint density at radius 3 is 2.61 bits per heavy atom. The summed E-state index contributed by atoms with van der Waals surface area (Å²) in [6, 6.07) is 12.9. The Kier molecular flexibility index (Phi) is 6.06. The fourth-order valence-electron chi connectivity index (χ4n) is 3.05. The van der Waals surface area contributed by atoms with Crippen LogP contribution >= 0.6 is 0 Å². The number of fused-ring (bicyclic) bond motifs is 1. The average molecular weight is 383 g/mol. The number of rotatable bonds is 7. The zero-order chi connectivity index (χ0) is 20.1. The number of hydrogen-bond donors (Lipinski definition) is 3. The summed E-state index contributed by atoms with van der Waals surface area (Å²) < 4.78 is 12.5. The summed E-state index contributed by atoms with van der Waals surface area (Å²) in [7, 11) is 5.11. The normalized spacial score (nSPS) is 11.9. The minimum absolute atomic E-state index is 0.121. The molecule has 0 spiro atoms. The molecule has 148 valence electrons. The molecule has 1 atom stereocenters. The lowest BCUT2D eigenvalue weighted by molar-refractivity contribution is 0.173. The second-order valence-corrected chi connectivity index (χ2v) is 6.51. The molecule has 0 aliphatic heterocycles. The quantitative estimate of drug-likeness (QED) is 0.586. The van der Waals surface area contributed by atoms with Gasteiger partial charge in [0.05, 0.1) is 20.3 Å². The molecule has 0 fully saturated rings. The van der Waals surface area contributed by atoms with Crippen LogP contribution in [0.5, 0.6) is 11.5 Å². The predicted molar refractivity (Wildman–Crippen MR) is 108 cm³/mol. The van der Waals surface area contributed by atoms with Crippen molar-refractivity contribution >= 4 is 16.9 Å². The van der Waals surface area contributed by atoms with Gasteiger partial charge in [-0.25, -0.2) is 4.79 Å². The van der Waals surface area contributed by atoms with Crippen molar-refractivity contribution in [2.45, 2.75) is 12.6 Å². The van der Waals surface area contributed by atoms with Gasteiger partial charge in [-0.05, 0) is 46.8 Å². The number of aromatic nitrogens is 1. The molecule has 7 heteroatoms. The van der Waals surface area contributed by atoms with Crippen LogP contribution in [0.4, 0.5) is 4.79 Å². The van der Waals surface area contributed by atoms with E-state index >= 15 is 0 Å². The third kappa shape index (κ3) is 4.37. The van der Waals surface area contributed by atoms with Crippen molar-refractivity contribution in [3.63, 3.8) is 0 Å². The Labute approximate surface area is 163 Å². The number of ether oxygens (including phenoxy) is 2. The van der Waals surface area contributed by atoms with Crippen molar-refractivity contribution in [2.75, 3.05) is 20.8 Å². The number of urea groups is 1. The van der Waals surface area contributed by atoms with Gasteiger partial charge in [0.15, 0.2) is 11.5 Å². The highest BCUT2D eigenvalue weighted by molar-refractivity contribution is 5.81. The maximum Gasteiger partial charge on any atom is 0.315 e. The summed E-state index contributed by atoms with van der Waals surface area (Å²) in [5.41, 5.74) is 2.73. The number of amides is 2. The molecule has 3 rings (SSSR count). The number of aryl methyl sites for hydroxylation is 1. The van der Waals surface area contributed by atoms with Crippen molar-refractivity contribution in [1.29, 1.82) is 0 Å². The monoisotopic (exact) mass is 383 g/mol. The van der Waals surface area contributed by atoms with E-state index in [1.807, 2.05) is 54.2 Å². The Bertz CT molecular complexity index is 967. The first-order valence-electron chi connectivity index (χ1n) is 8.97. The van der Waals surface area contributed by atoms with E-state index in [0.717, 1.165) is 22.0 Å². The van der Waals surface area contributed by atoms with Crippen LogP contribution in [0, 0.1) is 0 Å². The van der Waals surface area contributed by atoms with Crippen LogP contribution < -0.4 is 20.1 Å². The summed E-state index contributed by atoms with van der Waals surface area (Å²) >= 11 is 0. The molecular weight excluding hydrogens is 358 g/mol. The summed E-state index contributed by atoms with van der Waals surface area (Å²) in [4.78, 5) is 12.1. The maximum absolute atomic E-state index is 12.1. The highest BCUT2D eigenvalue weighted by Crippen LogP contribution is 2.27. The largest absolute Gasteiger partial charge is 0.493 e. The molecule has 0 unspecified atom stereocenters. The summed E-state index contributed by atoms with van der Waals surface area (Å²) in [5, 5.41) is 16.9. The molecule has 3 N–H and O–H groups in total. The van der Waals surface area contributed by atoms with E-state index in [1.54, 1.807) is 20.3 Å². The van der Waals surface area contributed by atoms with Gasteiger partial charge in [0.2, 0.25) is 0 Å². The topological polar surface area (TPSA) is 84.8 Å². The lowest BCUT2D eigenvalue weighted by Crippen LogP contribution is -2.37. The number of nitrogens with zero attached hydrogens (tertiary/aromatic N) is 1. The standard InChI is InChI=1S/C21H25N3O4/c1-24-9-8-15-11-16(5-6-17(15)24)18(25)13-23-21(26)22-12-14-4-7-19(27-2)20(10-14)28-3/h4-11,18,25H,12-13H2,1-3H3,(H2,22,23,26)/t18-/m1/s1. The molecule has 1 heterocycles. The van der Waals surface area contributed by atoms with E-state index in [2.05, 4.69) is 10.6 Å². The third-order valence-corrected chi connectivity index (χ3v) is 4.65. The summed E-state index contributed by atoms with van der Waals surface area (Å²) in [6.45, 7) is 0.453. The number of hydrogen-bond acceptors (Lipinski definition) is 4. The van der Waals surface area contributed by atoms with Gasteiger partial charge < -0.3 is 29.8 Å². The lowest BCUT2D eigenvalue weighted by atomic mass is 10.1. The molecule has 0 aliphatic rings. The van der Waals surface area contributed by atoms with E-state index in [9.17, 15) is 9.90 Å². The molecular formula is C21H25N3O4. The van der Waals surface area contributed by atoms with Crippen LogP contribution in [-0.2, 0) is 13.6 Å². The van der Waals surface area contributed by atoms with Crippen LogP contribution in [0.2, 0.25) is 0 Å². The van der Waals surface area contributed by atoms with Gasteiger partial charge in [-0.1, -0.05) is 12.1 Å². The molecule has 0 saturated carbocycles. The third-order valence-electron chi connectivity index (χ3n) is 4.65. The van der Waals surface area contributed by atoms with Crippen LogP contribution in [0.25, 0.3) is 10.9 Å². The van der Waals surface area contributed by atoms with Gasteiger partial charge in [-0.3, -0.25) is 0 Å². The number of aliphatic hydroxyl groups is 1. The smallest absolute Gasteiger partial charge is 0.315 e. The minimum Gasteiger partial charge on any atom is -0.493 e. The molecule has 28 heavy (non-hydrogen) atoms. The highest BCUT2D eigenvalue weighted by Gasteiger charge is 2.11. The second kappa shape index (κ2) is 8.67. The minimum atomic E-state index is -0.781. The maximum atomic E-state index is 12.1. The molecule has 7 nitrogen and oxygen atoms in total. The molecule has 0 aliphatic carbocycles. The van der Waals surface area contributed by atoms with Gasteiger partial charge >= 0.3 is 6.03 Å². The van der Waals surface area contributed by atoms with Gasteiger partial charge in [0.25, 0.3) is 0 Å². The predicted octanol–water partition coefficient (Wildman–Crippen LogP) is 2.73. The second-order valence-electron chi connectivity index (χ2n) is 6.51. The van der Waals surface area contributed by atoms with E-state index < -0.39 is 6.10 Å². The average Bonchev–Trinajstić information content (AvgIpc) is 3.10. The Morgan fingerprint density at radius 1 is 1.07 bits per heavy atom. The first kappa shape index (κ1) is 19.6. The van der Waals surface area contributed by atoms with Crippen LogP contribution in [0.1, 0.15) is 17.2 Å².